The maximum Gasteiger partial charge on any atom is 0.261 e. The third-order valence-corrected chi connectivity index (χ3v) is 6.52. The third kappa shape index (κ3) is 3.98. The fourth-order valence-electron chi connectivity index (χ4n) is 3.02. The summed E-state index contributed by atoms with van der Waals surface area (Å²) in [5.41, 5.74) is 1.48. The van der Waals surface area contributed by atoms with Crippen molar-refractivity contribution in [3.05, 3.63) is 35.9 Å². The first-order valence-corrected chi connectivity index (χ1v) is 12.1. The number of anilines is 1. The van der Waals surface area contributed by atoms with Crippen LogP contribution in [-0.4, -0.2) is 51.3 Å². The molecule has 4 rings (SSSR count). The Balaban J connectivity index is 1.76. The SMILES string of the molecule is Cn1nnc2cc(S(=O)(=O)Nc3cc4c(cc3CS(C)(=O)=O)OCCO4)ccc21. The van der Waals surface area contributed by atoms with Crippen molar-refractivity contribution in [2.45, 2.75) is 10.6 Å². The molecule has 10 nitrogen and oxygen atoms in total. The summed E-state index contributed by atoms with van der Waals surface area (Å²) in [6, 6.07) is 7.36. The molecule has 0 spiro atoms. The van der Waals surface area contributed by atoms with Gasteiger partial charge in [0, 0.05) is 19.4 Å². The fourth-order valence-corrected chi connectivity index (χ4v) is 4.93. The molecule has 1 N–H and O–H groups in total. The molecule has 2 aromatic carbocycles. The number of nitrogens with one attached hydrogen (secondary N) is 1. The van der Waals surface area contributed by atoms with Crippen molar-refractivity contribution in [1.82, 2.24) is 15.0 Å². The molecule has 0 saturated carbocycles. The highest BCUT2D eigenvalue weighted by Gasteiger charge is 2.23. The summed E-state index contributed by atoms with van der Waals surface area (Å²) in [4.78, 5) is -0.0225. The second-order valence-corrected chi connectivity index (χ2v) is 10.5. The molecule has 0 bridgehead atoms. The molecule has 29 heavy (non-hydrogen) atoms. The Morgan fingerprint density at radius 3 is 2.45 bits per heavy atom. The van der Waals surface area contributed by atoms with E-state index in [1.165, 1.54) is 28.9 Å². The van der Waals surface area contributed by atoms with Crippen molar-refractivity contribution in [3.63, 3.8) is 0 Å². The number of nitrogens with zero attached hydrogens (tertiary/aromatic N) is 3. The topological polar surface area (TPSA) is 129 Å². The van der Waals surface area contributed by atoms with Gasteiger partial charge in [0.15, 0.2) is 21.3 Å². The second kappa shape index (κ2) is 6.88. The number of rotatable bonds is 5. The van der Waals surface area contributed by atoms with Crippen molar-refractivity contribution in [2.75, 3.05) is 24.2 Å². The van der Waals surface area contributed by atoms with Crippen LogP contribution in [0.1, 0.15) is 5.56 Å². The van der Waals surface area contributed by atoms with Crippen LogP contribution in [-0.2, 0) is 32.7 Å². The Morgan fingerprint density at radius 2 is 1.76 bits per heavy atom. The van der Waals surface area contributed by atoms with E-state index in [4.69, 9.17) is 9.47 Å². The highest BCUT2D eigenvalue weighted by atomic mass is 32.2. The van der Waals surface area contributed by atoms with Gasteiger partial charge >= 0.3 is 0 Å². The zero-order valence-corrected chi connectivity index (χ0v) is 17.2. The van der Waals surface area contributed by atoms with Gasteiger partial charge in [-0.2, -0.15) is 0 Å². The van der Waals surface area contributed by atoms with E-state index in [1.807, 2.05) is 0 Å². The summed E-state index contributed by atoms with van der Waals surface area (Å²) in [7, 11) is -5.74. The van der Waals surface area contributed by atoms with Crippen LogP contribution < -0.4 is 14.2 Å². The van der Waals surface area contributed by atoms with Gasteiger partial charge in [0.05, 0.1) is 21.9 Å². The number of fused-ring (bicyclic) bond motifs is 2. The van der Waals surface area contributed by atoms with Gasteiger partial charge in [0.2, 0.25) is 0 Å². The number of hydrogen-bond donors (Lipinski definition) is 1. The first-order chi connectivity index (χ1) is 13.6. The average molecular weight is 438 g/mol. The van der Waals surface area contributed by atoms with E-state index in [-0.39, 0.29) is 21.9 Å². The smallest absolute Gasteiger partial charge is 0.261 e. The maximum absolute atomic E-state index is 13.0. The van der Waals surface area contributed by atoms with E-state index in [0.29, 0.717) is 35.7 Å². The van der Waals surface area contributed by atoms with Gasteiger partial charge in [0.1, 0.15) is 18.7 Å². The van der Waals surface area contributed by atoms with E-state index < -0.39 is 19.9 Å². The van der Waals surface area contributed by atoms with Gasteiger partial charge < -0.3 is 9.47 Å². The fraction of sp³-hybridized carbons (Fsp3) is 0.294. The van der Waals surface area contributed by atoms with E-state index in [2.05, 4.69) is 15.0 Å². The van der Waals surface area contributed by atoms with Crippen LogP contribution in [0.5, 0.6) is 11.5 Å². The molecule has 0 atom stereocenters. The molecule has 0 amide bonds. The minimum atomic E-state index is -4.02. The Labute approximate surface area is 167 Å². The summed E-state index contributed by atoms with van der Waals surface area (Å²) in [6.07, 6.45) is 1.07. The van der Waals surface area contributed by atoms with E-state index >= 15 is 0 Å². The summed E-state index contributed by atoms with van der Waals surface area (Å²) < 4.78 is 64.6. The van der Waals surface area contributed by atoms with E-state index in [9.17, 15) is 16.8 Å². The van der Waals surface area contributed by atoms with Crippen LogP contribution >= 0.6 is 0 Å². The summed E-state index contributed by atoms with van der Waals surface area (Å²) >= 11 is 0. The highest BCUT2D eigenvalue weighted by molar-refractivity contribution is 7.92. The summed E-state index contributed by atoms with van der Waals surface area (Å²) in [5.74, 6) is 0.361. The zero-order valence-electron chi connectivity index (χ0n) is 15.6. The van der Waals surface area contributed by atoms with Crippen LogP contribution in [0.3, 0.4) is 0 Å². The molecule has 2 heterocycles. The molecule has 0 radical (unpaired) electrons. The van der Waals surface area contributed by atoms with Crippen LogP contribution in [0.25, 0.3) is 11.0 Å². The highest BCUT2D eigenvalue weighted by Crippen LogP contribution is 2.37. The van der Waals surface area contributed by atoms with Crippen LogP contribution in [0, 0.1) is 0 Å². The molecule has 0 fully saturated rings. The average Bonchev–Trinajstić information content (AvgIpc) is 3.01. The minimum absolute atomic E-state index is 0.0225. The van der Waals surface area contributed by atoms with E-state index in [0.717, 1.165) is 6.26 Å². The molecule has 1 aliphatic heterocycles. The molecule has 12 heteroatoms. The third-order valence-electron chi connectivity index (χ3n) is 4.32. The minimum Gasteiger partial charge on any atom is -0.486 e. The predicted molar refractivity (Wildman–Crippen MR) is 105 cm³/mol. The Kier molecular flexibility index (Phi) is 4.62. The van der Waals surface area contributed by atoms with Gasteiger partial charge in [0.25, 0.3) is 10.0 Å². The van der Waals surface area contributed by atoms with Gasteiger partial charge in [-0.15, -0.1) is 5.10 Å². The van der Waals surface area contributed by atoms with Crippen LogP contribution in [0.4, 0.5) is 5.69 Å². The Morgan fingerprint density at radius 1 is 1.07 bits per heavy atom. The molecular formula is C17H18N4O6S2. The number of benzene rings is 2. The lowest BCUT2D eigenvalue weighted by molar-refractivity contribution is 0.171. The predicted octanol–water partition coefficient (Wildman–Crippen LogP) is 1.08. The number of sulfonamides is 1. The van der Waals surface area contributed by atoms with Gasteiger partial charge in [-0.05, 0) is 29.8 Å². The molecule has 3 aromatic rings. The monoisotopic (exact) mass is 438 g/mol. The lowest BCUT2D eigenvalue weighted by atomic mass is 10.1. The second-order valence-electron chi connectivity index (χ2n) is 6.69. The number of ether oxygens (including phenoxy) is 2. The number of sulfone groups is 1. The lowest BCUT2D eigenvalue weighted by Gasteiger charge is -2.21. The molecule has 0 saturated heterocycles. The molecule has 0 unspecified atom stereocenters. The quantitative estimate of drug-likeness (QED) is 0.627. The molecule has 1 aliphatic rings. The van der Waals surface area contributed by atoms with Gasteiger partial charge in [-0.3, -0.25) is 4.72 Å². The standard InChI is InChI=1S/C17H18N4O6S2/c1-21-15-4-3-12(8-14(15)18-20-21)29(24,25)19-13-9-17-16(26-5-6-27-17)7-11(13)10-28(2,22)23/h3-4,7-9,19H,5-6,10H2,1-2H3. The first kappa shape index (κ1) is 19.5. The number of aryl methyl sites for hydroxylation is 1. The Hall–Kier alpha value is -2.86. The molecule has 0 aliphatic carbocycles. The maximum atomic E-state index is 13.0. The van der Waals surface area contributed by atoms with Crippen molar-refractivity contribution in [3.8, 4) is 11.5 Å². The largest absolute Gasteiger partial charge is 0.486 e. The van der Waals surface area contributed by atoms with Crippen LogP contribution in [0.2, 0.25) is 0 Å². The molecular weight excluding hydrogens is 420 g/mol. The van der Waals surface area contributed by atoms with Crippen molar-refractivity contribution < 1.29 is 26.3 Å². The molecule has 154 valence electrons. The number of aromatic nitrogens is 3. The van der Waals surface area contributed by atoms with Crippen LogP contribution in [0.15, 0.2) is 35.2 Å². The molecule has 1 aromatic heterocycles. The number of hydrogen-bond acceptors (Lipinski definition) is 8. The summed E-state index contributed by atoms with van der Waals surface area (Å²) in [5, 5.41) is 7.79. The van der Waals surface area contributed by atoms with E-state index in [1.54, 1.807) is 13.1 Å². The normalized spacial score (nSPS) is 14.1. The van der Waals surface area contributed by atoms with Gasteiger partial charge in [-0.1, -0.05) is 5.21 Å². The van der Waals surface area contributed by atoms with Crippen molar-refractivity contribution in [2.24, 2.45) is 7.05 Å². The lowest BCUT2D eigenvalue weighted by Crippen LogP contribution is -2.18. The van der Waals surface area contributed by atoms with Crippen molar-refractivity contribution in [1.29, 1.82) is 0 Å². The first-order valence-electron chi connectivity index (χ1n) is 8.55. The van der Waals surface area contributed by atoms with Gasteiger partial charge in [-0.25, -0.2) is 21.5 Å². The van der Waals surface area contributed by atoms with Crippen molar-refractivity contribution >= 4 is 36.6 Å². The Bertz CT molecular complexity index is 1320. The summed E-state index contributed by atoms with van der Waals surface area (Å²) in [6.45, 7) is 0.641. The zero-order chi connectivity index (χ0) is 20.8.